The quantitative estimate of drug-likeness (QED) is 0.702. The lowest BCUT2D eigenvalue weighted by atomic mass is 10.2. The maximum absolute atomic E-state index is 12.9. The first-order chi connectivity index (χ1) is 9.88. The van der Waals surface area contributed by atoms with Gasteiger partial charge >= 0.3 is 7.60 Å². The van der Waals surface area contributed by atoms with Gasteiger partial charge in [-0.2, -0.15) is 4.72 Å². The second-order valence-corrected chi connectivity index (χ2v) is 8.36. The molecule has 0 bridgehead atoms. The van der Waals surface area contributed by atoms with Crippen molar-refractivity contribution in [2.75, 3.05) is 19.0 Å². The highest BCUT2D eigenvalue weighted by Gasteiger charge is 2.39. The third-order valence-corrected chi connectivity index (χ3v) is 6.55. The Morgan fingerprint density at radius 1 is 1.10 bits per heavy atom. The molecular weight excluding hydrogens is 313 g/mol. The van der Waals surface area contributed by atoms with Crippen LogP contribution in [0.25, 0.3) is 0 Å². The number of hydrogen-bond donors (Lipinski definition) is 1. The van der Waals surface area contributed by atoms with Crippen LogP contribution in [-0.4, -0.2) is 27.4 Å². The minimum atomic E-state index is -3.65. The van der Waals surface area contributed by atoms with Crippen molar-refractivity contribution in [3.8, 4) is 0 Å². The van der Waals surface area contributed by atoms with E-state index in [9.17, 15) is 13.0 Å². The van der Waals surface area contributed by atoms with Crippen molar-refractivity contribution in [1.29, 1.82) is 0 Å². The van der Waals surface area contributed by atoms with E-state index in [1.54, 1.807) is 44.2 Å². The summed E-state index contributed by atoms with van der Waals surface area (Å²) in [6, 6.07) is 8.65. The Hall–Kier alpha value is -0.720. The van der Waals surface area contributed by atoms with Crippen LogP contribution < -0.4 is 4.72 Å². The summed E-state index contributed by atoms with van der Waals surface area (Å²) in [5.41, 5.74) is 0.541. The van der Waals surface area contributed by atoms with Gasteiger partial charge in [-0.3, -0.25) is 4.57 Å². The molecule has 1 rings (SSSR count). The molecule has 1 unspecified atom stereocenters. The summed E-state index contributed by atoms with van der Waals surface area (Å²) >= 11 is 0. The number of hydrogen-bond acceptors (Lipinski definition) is 5. The van der Waals surface area contributed by atoms with E-state index in [-0.39, 0.29) is 19.0 Å². The van der Waals surface area contributed by atoms with E-state index < -0.39 is 23.4 Å². The average molecular weight is 335 g/mol. The van der Waals surface area contributed by atoms with Crippen molar-refractivity contribution in [2.45, 2.75) is 26.6 Å². The minimum absolute atomic E-state index is 0.116. The molecule has 6 nitrogen and oxygen atoms in total. The van der Waals surface area contributed by atoms with Crippen LogP contribution in [0.5, 0.6) is 0 Å². The molecule has 1 N–H and O–H groups in total. The predicted molar refractivity (Wildman–Crippen MR) is 82.6 cm³/mol. The molecule has 0 radical (unpaired) electrons. The fourth-order valence-corrected chi connectivity index (χ4v) is 5.02. The van der Waals surface area contributed by atoms with E-state index in [1.807, 2.05) is 0 Å². The van der Waals surface area contributed by atoms with Crippen LogP contribution in [0.15, 0.2) is 30.3 Å². The van der Waals surface area contributed by atoms with Crippen LogP contribution in [0.4, 0.5) is 0 Å². The highest BCUT2D eigenvalue weighted by atomic mass is 32.2. The molecule has 21 heavy (non-hydrogen) atoms. The Morgan fingerprint density at radius 3 is 2.05 bits per heavy atom. The summed E-state index contributed by atoms with van der Waals surface area (Å²) in [6.45, 7) is 5.20. The van der Waals surface area contributed by atoms with E-state index >= 15 is 0 Å². The van der Waals surface area contributed by atoms with Gasteiger partial charge in [0.15, 0.2) is 0 Å². The van der Waals surface area contributed by atoms with E-state index in [0.717, 1.165) is 0 Å². The Bertz CT molecular complexity index is 565. The third kappa shape index (κ3) is 5.20. The van der Waals surface area contributed by atoms with Crippen molar-refractivity contribution >= 4 is 17.6 Å². The van der Waals surface area contributed by atoms with E-state index in [0.29, 0.717) is 5.56 Å². The van der Waals surface area contributed by atoms with E-state index in [4.69, 9.17) is 9.05 Å². The van der Waals surface area contributed by atoms with Crippen LogP contribution >= 0.6 is 7.60 Å². The van der Waals surface area contributed by atoms with Gasteiger partial charge in [-0.1, -0.05) is 30.3 Å². The molecule has 0 aliphatic rings. The highest BCUT2D eigenvalue weighted by Crippen LogP contribution is 2.59. The smallest absolute Gasteiger partial charge is 0.308 e. The lowest BCUT2D eigenvalue weighted by Crippen LogP contribution is -2.31. The fraction of sp³-hybridized carbons (Fsp3) is 0.538. The second kappa shape index (κ2) is 8.06. The van der Waals surface area contributed by atoms with Crippen LogP contribution in [0, 0.1) is 0 Å². The van der Waals surface area contributed by atoms with Crippen LogP contribution in [0.3, 0.4) is 0 Å². The van der Waals surface area contributed by atoms with Gasteiger partial charge < -0.3 is 9.05 Å². The lowest BCUT2D eigenvalue weighted by Gasteiger charge is -2.27. The molecule has 0 spiro atoms. The topological polar surface area (TPSA) is 81.7 Å². The normalized spacial score (nSPS) is 14.0. The van der Waals surface area contributed by atoms with Crippen molar-refractivity contribution in [2.24, 2.45) is 0 Å². The fourth-order valence-electron chi connectivity index (χ4n) is 1.75. The average Bonchev–Trinajstić information content (AvgIpc) is 2.46. The van der Waals surface area contributed by atoms with Gasteiger partial charge in [-0.25, -0.2) is 8.42 Å². The number of rotatable bonds is 9. The van der Waals surface area contributed by atoms with Gasteiger partial charge in [-0.15, -0.1) is 0 Å². The number of nitrogens with one attached hydrogen (secondary N) is 1. The van der Waals surface area contributed by atoms with Gasteiger partial charge in [0, 0.05) is 0 Å². The van der Waals surface area contributed by atoms with Crippen molar-refractivity contribution in [3.05, 3.63) is 35.9 Å². The monoisotopic (exact) mass is 335 g/mol. The SMILES string of the molecule is CCOP(=O)(OCC)C(NS(=O)(=O)CC)c1ccccc1. The molecule has 0 saturated carbocycles. The Balaban J connectivity index is 3.26. The predicted octanol–water partition coefficient (Wildman–Crippen LogP) is 2.89. The van der Waals surface area contributed by atoms with E-state index in [2.05, 4.69) is 4.72 Å². The zero-order valence-corrected chi connectivity index (χ0v) is 14.2. The standard InChI is InChI=1S/C13H22NO5PS/c1-4-18-20(15,19-5-2)13(14-21(16,17)6-3)12-10-8-7-9-11-12/h7-11,13-14H,4-6H2,1-3H3. The van der Waals surface area contributed by atoms with Gasteiger partial charge in [-0.05, 0) is 26.3 Å². The second-order valence-electron chi connectivity index (χ2n) is 4.21. The molecule has 120 valence electrons. The van der Waals surface area contributed by atoms with Crippen LogP contribution in [-0.2, 0) is 23.6 Å². The molecule has 1 atom stereocenters. The summed E-state index contributed by atoms with van der Waals surface area (Å²) < 4.78 is 49.7. The van der Waals surface area contributed by atoms with Crippen LogP contribution in [0.2, 0.25) is 0 Å². The molecule has 0 heterocycles. The molecule has 0 aliphatic carbocycles. The summed E-state index contributed by atoms with van der Waals surface area (Å²) in [5.74, 6) is -1.17. The van der Waals surface area contributed by atoms with Gasteiger partial charge in [0.05, 0.1) is 19.0 Å². The zero-order chi connectivity index (χ0) is 15.9. The first-order valence-corrected chi connectivity index (χ1v) is 10.1. The molecule has 1 aromatic carbocycles. The molecule has 0 fully saturated rings. The van der Waals surface area contributed by atoms with Gasteiger partial charge in [0.2, 0.25) is 10.0 Å². The molecule has 0 aromatic heterocycles. The molecule has 1 aromatic rings. The lowest BCUT2D eigenvalue weighted by molar-refractivity contribution is 0.210. The van der Waals surface area contributed by atoms with Crippen molar-refractivity contribution < 1.29 is 22.0 Å². The Labute approximate surface area is 126 Å². The first kappa shape index (κ1) is 18.3. The molecule has 0 aliphatic heterocycles. The van der Waals surface area contributed by atoms with Crippen LogP contribution in [0.1, 0.15) is 32.1 Å². The summed E-state index contributed by atoms with van der Waals surface area (Å²) in [5, 5.41) is 0. The van der Waals surface area contributed by atoms with Crippen molar-refractivity contribution in [1.82, 2.24) is 4.72 Å². The molecule has 0 saturated heterocycles. The molecule has 0 amide bonds. The summed E-state index contributed by atoms with van der Waals surface area (Å²) in [4.78, 5) is 0. The largest absolute Gasteiger partial charge is 0.352 e. The zero-order valence-electron chi connectivity index (χ0n) is 12.5. The van der Waals surface area contributed by atoms with Gasteiger partial charge in [0.25, 0.3) is 0 Å². The maximum atomic E-state index is 12.9. The maximum Gasteiger partial charge on any atom is 0.352 e. The number of sulfonamides is 1. The highest BCUT2D eigenvalue weighted by molar-refractivity contribution is 7.89. The summed E-state index contributed by atoms with van der Waals surface area (Å²) in [7, 11) is -7.22. The third-order valence-electron chi connectivity index (χ3n) is 2.72. The Kier molecular flexibility index (Phi) is 7.03. The minimum Gasteiger partial charge on any atom is -0.308 e. The molecule has 8 heteroatoms. The van der Waals surface area contributed by atoms with E-state index in [1.165, 1.54) is 6.92 Å². The van der Waals surface area contributed by atoms with Crippen molar-refractivity contribution in [3.63, 3.8) is 0 Å². The molecular formula is C13H22NO5PS. The number of benzene rings is 1. The summed E-state index contributed by atoms with van der Waals surface area (Å²) in [6.07, 6.45) is 0. The Morgan fingerprint density at radius 2 is 1.62 bits per heavy atom. The van der Waals surface area contributed by atoms with Gasteiger partial charge in [0.1, 0.15) is 5.78 Å². The first-order valence-electron chi connectivity index (χ1n) is 6.82.